The predicted molar refractivity (Wildman–Crippen MR) is 122 cm³/mol. The highest BCUT2D eigenvalue weighted by Crippen LogP contribution is 2.36. The summed E-state index contributed by atoms with van der Waals surface area (Å²) in [6.07, 6.45) is 1.90. The van der Waals surface area contributed by atoms with Crippen molar-refractivity contribution in [2.75, 3.05) is 0 Å². The number of nitrogens with zero attached hydrogens (tertiary/aromatic N) is 2. The van der Waals surface area contributed by atoms with Crippen molar-refractivity contribution < 1.29 is 0 Å². The van der Waals surface area contributed by atoms with Crippen LogP contribution >= 0.6 is 0 Å². The van der Waals surface area contributed by atoms with Gasteiger partial charge >= 0.3 is 0 Å². The summed E-state index contributed by atoms with van der Waals surface area (Å²) in [5, 5.41) is 2.28. The van der Waals surface area contributed by atoms with E-state index in [0.29, 0.717) is 5.92 Å². The van der Waals surface area contributed by atoms with Crippen LogP contribution in [0.1, 0.15) is 25.5 Å². The zero-order valence-electron chi connectivity index (χ0n) is 16.6. The first-order valence-electron chi connectivity index (χ1n) is 10.1. The van der Waals surface area contributed by atoms with Crippen molar-refractivity contribution in [1.82, 2.24) is 9.97 Å². The van der Waals surface area contributed by atoms with Crippen LogP contribution in [-0.4, -0.2) is 9.97 Å². The van der Waals surface area contributed by atoms with Crippen molar-refractivity contribution in [3.63, 3.8) is 0 Å². The Kier molecular flexibility index (Phi) is 4.33. The molecule has 3 aromatic carbocycles. The van der Waals surface area contributed by atoms with Crippen LogP contribution in [-0.2, 0) is 0 Å². The van der Waals surface area contributed by atoms with E-state index in [-0.39, 0.29) is 0 Å². The van der Waals surface area contributed by atoms with Gasteiger partial charge in [-0.25, -0.2) is 0 Å². The van der Waals surface area contributed by atoms with Gasteiger partial charge in [0.25, 0.3) is 0 Å². The topological polar surface area (TPSA) is 25.8 Å². The molecule has 2 nitrogen and oxygen atoms in total. The quantitative estimate of drug-likeness (QED) is 0.311. The summed E-state index contributed by atoms with van der Waals surface area (Å²) in [6, 6.07) is 29.8. The van der Waals surface area contributed by atoms with Gasteiger partial charge in [0.15, 0.2) is 0 Å². The molecule has 2 heteroatoms. The van der Waals surface area contributed by atoms with Gasteiger partial charge in [0.1, 0.15) is 0 Å². The van der Waals surface area contributed by atoms with E-state index in [1.165, 1.54) is 22.3 Å². The first-order valence-corrected chi connectivity index (χ1v) is 10.1. The lowest BCUT2D eigenvalue weighted by molar-refractivity contribution is 0.831. The van der Waals surface area contributed by atoms with Crippen LogP contribution in [0.15, 0.2) is 91.1 Å². The average molecular weight is 374 g/mol. The summed E-state index contributed by atoms with van der Waals surface area (Å²) in [4.78, 5) is 9.83. The Morgan fingerprint density at radius 3 is 1.83 bits per heavy atom. The van der Waals surface area contributed by atoms with Crippen molar-refractivity contribution in [2.24, 2.45) is 0 Å². The second kappa shape index (κ2) is 7.14. The molecule has 2 aromatic heterocycles. The van der Waals surface area contributed by atoms with Gasteiger partial charge in [-0.3, -0.25) is 9.97 Å². The lowest BCUT2D eigenvalue weighted by Gasteiger charge is -2.14. The first kappa shape index (κ1) is 17.6. The Morgan fingerprint density at radius 2 is 1.21 bits per heavy atom. The van der Waals surface area contributed by atoms with Gasteiger partial charge in [-0.1, -0.05) is 86.6 Å². The molecule has 0 fully saturated rings. The van der Waals surface area contributed by atoms with Crippen LogP contribution in [0.3, 0.4) is 0 Å². The number of hydrogen-bond acceptors (Lipinski definition) is 2. The largest absolute Gasteiger partial charge is 0.254 e. The molecule has 0 spiro atoms. The summed E-state index contributed by atoms with van der Waals surface area (Å²) in [6.45, 7) is 4.38. The minimum Gasteiger partial charge on any atom is -0.254 e. The van der Waals surface area contributed by atoms with Crippen LogP contribution in [0.25, 0.3) is 44.1 Å². The smallest absolute Gasteiger partial charge is 0.0974 e. The fourth-order valence-corrected chi connectivity index (χ4v) is 3.94. The second-order valence-electron chi connectivity index (χ2n) is 7.70. The van der Waals surface area contributed by atoms with Gasteiger partial charge in [0, 0.05) is 22.7 Å². The molecule has 5 rings (SSSR count). The molecule has 0 atom stereocenters. The van der Waals surface area contributed by atoms with Crippen molar-refractivity contribution in [2.45, 2.75) is 19.8 Å². The van der Waals surface area contributed by atoms with Gasteiger partial charge in [0.2, 0.25) is 0 Å². The Morgan fingerprint density at radius 1 is 0.621 bits per heavy atom. The molecule has 0 amide bonds. The fourth-order valence-electron chi connectivity index (χ4n) is 3.94. The molecule has 0 aliphatic rings. The highest BCUT2D eigenvalue weighted by atomic mass is 14.8. The average Bonchev–Trinajstić information content (AvgIpc) is 2.79. The van der Waals surface area contributed by atoms with Gasteiger partial charge in [-0.2, -0.15) is 0 Å². The molecule has 0 unspecified atom stereocenters. The summed E-state index contributed by atoms with van der Waals surface area (Å²) in [5.41, 5.74) is 7.84. The third kappa shape index (κ3) is 3.07. The molecule has 29 heavy (non-hydrogen) atoms. The van der Waals surface area contributed by atoms with Gasteiger partial charge in [0.05, 0.1) is 11.0 Å². The van der Waals surface area contributed by atoms with Crippen molar-refractivity contribution in [3.8, 4) is 22.3 Å². The molecule has 0 bridgehead atoms. The number of aromatic nitrogens is 2. The van der Waals surface area contributed by atoms with Crippen LogP contribution in [0.5, 0.6) is 0 Å². The Balaban J connectivity index is 1.87. The van der Waals surface area contributed by atoms with Gasteiger partial charge in [-0.15, -0.1) is 0 Å². The van der Waals surface area contributed by atoms with E-state index in [1.54, 1.807) is 0 Å². The van der Waals surface area contributed by atoms with Crippen molar-refractivity contribution in [1.29, 1.82) is 0 Å². The highest BCUT2D eigenvalue weighted by Gasteiger charge is 2.15. The number of rotatable bonds is 3. The number of pyridine rings is 2. The molecule has 0 aliphatic carbocycles. The molecule has 2 heterocycles. The molecular weight excluding hydrogens is 352 g/mol. The van der Waals surface area contributed by atoms with E-state index in [0.717, 1.165) is 27.5 Å². The third-order valence-corrected chi connectivity index (χ3v) is 5.47. The van der Waals surface area contributed by atoms with Crippen LogP contribution in [0.2, 0.25) is 0 Å². The Bertz CT molecular complexity index is 1310. The monoisotopic (exact) mass is 374 g/mol. The van der Waals surface area contributed by atoms with E-state index in [4.69, 9.17) is 9.97 Å². The van der Waals surface area contributed by atoms with E-state index >= 15 is 0 Å². The maximum atomic E-state index is 5.06. The minimum absolute atomic E-state index is 0.342. The minimum atomic E-state index is 0.342. The predicted octanol–water partition coefficient (Wildman–Crippen LogP) is 7.24. The third-order valence-electron chi connectivity index (χ3n) is 5.47. The Hall–Kier alpha value is -3.52. The number of fused-ring (bicyclic) bond motifs is 3. The number of benzene rings is 3. The molecule has 5 aromatic rings. The van der Waals surface area contributed by atoms with Gasteiger partial charge in [-0.05, 0) is 40.3 Å². The van der Waals surface area contributed by atoms with E-state index in [9.17, 15) is 0 Å². The Labute approximate surface area is 170 Å². The molecule has 0 aliphatic heterocycles. The summed E-state index contributed by atoms with van der Waals surface area (Å²) in [7, 11) is 0. The maximum absolute atomic E-state index is 5.06. The summed E-state index contributed by atoms with van der Waals surface area (Å²) < 4.78 is 0. The summed E-state index contributed by atoms with van der Waals surface area (Å²) in [5.74, 6) is 0.342. The molecule has 0 saturated carbocycles. The van der Waals surface area contributed by atoms with Gasteiger partial charge < -0.3 is 0 Å². The second-order valence-corrected chi connectivity index (χ2v) is 7.70. The molecule has 0 N–H and O–H groups in total. The number of hydrogen-bond donors (Lipinski definition) is 0. The van der Waals surface area contributed by atoms with Crippen LogP contribution in [0.4, 0.5) is 0 Å². The molecule has 0 radical (unpaired) electrons. The first-order chi connectivity index (χ1) is 14.2. The lowest BCUT2D eigenvalue weighted by atomic mass is 9.94. The SMILES string of the molecule is CC(C)c1cc(-c2ccccc2)c2ccc3c(-c4ccccc4)ccnc3c2n1. The molecule has 0 saturated heterocycles. The van der Waals surface area contributed by atoms with E-state index in [1.807, 2.05) is 12.3 Å². The van der Waals surface area contributed by atoms with E-state index in [2.05, 4.69) is 92.7 Å². The fraction of sp³-hybridized carbons (Fsp3) is 0.111. The zero-order chi connectivity index (χ0) is 19.8. The normalized spacial score (nSPS) is 11.4. The van der Waals surface area contributed by atoms with Crippen LogP contribution < -0.4 is 0 Å². The van der Waals surface area contributed by atoms with Crippen molar-refractivity contribution in [3.05, 3.63) is 96.8 Å². The molecule has 140 valence electrons. The van der Waals surface area contributed by atoms with Crippen LogP contribution in [0, 0.1) is 0 Å². The zero-order valence-corrected chi connectivity index (χ0v) is 16.6. The van der Waals surface area contributed by atoms with E-state index < -0.39 is 0 Å². The molecular formula is C27H22N2. The highest BCUT2D eigenvalue weighted by molar-refractivity contribution is 6.11. The maximum Gasteiger partial charge on any atom is 0.0974 e. The van der Waals surface area contributed by atoms with Crippen molar-refractivity contribution >= 4 is 21.8 Å². The standard InChI is InChI=1S/C27H22N2/c1-18(2)25-17-24(20-11-7-4-8-12-20)23-14-13-22-21(19-9-5-3-6-10-19)15-16-28-26(22)27(23)29-25/h3-18H,1-2H3. The lowest BCUT2D eigenvalue weighted by Crippen LogP contribution is -1.97. The summed E-state index contributed by atoms with van der Waals surface area (Å²) >= 11 is 0.